The predicted octanol–water partition coefficient (Wildman–Crippen LogP) is 5.09. The Morgan fingerprint density at radius 2 is 1.97 bits per heavy atom. The van der Waals surface area contributed by atoms with Gasteiger partial charge in [-0.15, -0.1) is 0 Å². The molecule has 0 spiro atoms. The molecule has 5 rings (SSSR count). The number of carbonyl (C=O) groups excluding carboxylic acids is 1. The Hall–Kier alpha value is -2.87. The molecule has 0 bridgehead atoms. The number of nitrogens with one attached hydrogen (secondary N) is 1. The van der Waals surface area contributed by atoms with Crippen molar-refractivity contribution in [2.24, 2.45) is 5.10 Å². The van der Waals surface area contributed by atoms with Crippen LogP contribution in [0.2, 0.25) is 0 Å². The first-order valence-electron chi connectivity index (χ1n) is 12.2. The van der Waals surface area contributed by atoms with Gasteiger partial charge in [-0.1, -0.05) is 17.7 Å². The lowest BCUT2D eigenvalue weighted by atomic mass is 9.83. The SMILES string of the molecule is CC(C)(C)OC(=O)C1C2=C(C=C(Cl)CC2)NC=C2N1C=NN2[C@H]1CC[C@H](c2cccc(F)n2)CC1. The molecule has 1 unspecified atom stereocenters. The highest BCUT2D eigenvalue weighted by Crippen LogP contribution is 2.40. The third-order valence-corrected chi connectivity index (χ3v) is 7.17. The normalized spacial score (nSPS) is 26.4. The second kappa shape index (κ2) is 9.30. The summed E-state index contributed by atoms with van der Waals surface area (Å²) in [5, 5.41) is 10.9. The Morgan fingerprint density at radius 3 is 2.69 bits per heavy atom. The van der Waals surface area contributed by atoms with Crippen molar-refractivity contribution >= 4 is 23.9 Å². The molecule has 1 N–H and O–H groups in total. The van der Waals surface area contributed by atoms with Crippen LogP contribution in [-0.4, -0.2) is 44.9 Å². The van der Waals surface area contributed by atoms with E-state index in [1.165, 1.54) is 6.07 Å². The molecule has 1 aromatic heterocycles. The van der Waals surface area contributed by atoms with Gasteiger partial charge < -0.3 is 10.1 Å². The quantitative estimate of drug-likeness (QED) is 0.461. The lowest BCUT2D eigenvalue weighted by molar-refractivity contribution is -0.158. The van der Waals surface area contributed by atoms with Gasteiger partial charge in [-0.2, -0.15) is 9.49 Å². The van der Waals surface area contributed by atoms with Crippen molar-refractivity contribution in [3.63, 3.8) is 0 Å². The van der Waals surface area contributed by atoms with E-state index in [1.54, 1.807) is 12.4 Å². The summed E-state index contributed by atoms with van der Waals surface area (Å²) in [6.07, 6.45) is 10.5. The van der Waals surface area contributed by atoms with E-state index in [0.29, 0.717) is 12.8 Å². The number of hydrogen-bond donors (Lipinski definition) is 1. The molecular weight excluding hydrogens is 469 g/mol. The fourth-order valence-corrected chi connectivity index (χ4v) is 5.49. The summed E-state index contributed by atoms with van der Waals surface area (Å²) >= 11 is 6.34. The standard InChI is InChI=1S/C26H31ClFN5O2/c1-26(2,3)35-25(34)24-19-12-9-17(27)13-21(19)29-14-23-32(24)15-30-33(23)18-10-7-16(8-11-18)20-5-4-6-22(28)31-20/h4-6,13-16,18,24,29H,7-12H2,1-3H3/t16-,18-,24?. The Bertz CT molecular complexity index is 1130. The zero-order valence-corrected chi connectivity index (χ0v) is 21.1. The van der Waals surface area contributed by atoms with Gasteiger partial charge in [0.05, 0.1) is 6.04 Å². The van der Waals surface area contributed by atoms with Crippen molar-refractivity contribution in [1.82, 2.24) is 20.2 Å². The zero-order valence-electron chi connectivity index (χ0n) is 20.3. The number of hydrogen-bond acceptors (Lipinski definition) is 7. The molecule has 1 aromatic rings. The molecule has 1 atom stereocenters. The van der Waals surface area contributed by atoms with Crippen LogP contribution in [0.3, 0.4) is 0 Å². The van der Waals surface area contributed by atoms with E-state index in [0.717, 1.165) is 53.5 Å². The van der Waals surface area contributed by atoms with Crippen molar-refractivity contribution in [2.75, 3.05) is 0 Å². The number of ether oxygens (including phenoxy) is 1. The average molecular weight is 500 g/mol. The van der Waals surface area contributed by atoms with Gasteiger partial charge in [-0.3, -0.25) is 4.90 Å². The summed E-state index contributed by atoms with van der Waals surface area (Å²) in [6.45, 7) is 5.62. The Kier molecular flexibility index (Phi) is 6.34. The first-order valence-corrected chi connectivity index (χ1v) is 12.6. The van der Waals surface area contributed by atoms with Crippen LogP contribution in [0.1, 0.15) is 70.9 Å². The summed E-state index contributed by atoms with van der Waals surface area (Å²) < 4.78 is 19.4. The number of halogens is 2. The van der Waals surface area contributed by atoms with Gasteiger partial charge in [0.2, 0.25) is 5.95 Å². The highest BCUT2D eigenvalue weighted by Gasteiger charge is 2.43. The molecule has 2 aliphatic heterocycles. The Labute approximate surface area is 210 Å². The van der Waals surface area contributed by atoms with E-state index < -0.39 is 17.6 Å². The summed E-state index contributed by atoms with van der Waals surface area (Å²) in [7, 11) is 0. The number of allylic oxidation sites excluding steroid dienone is 2. The second-order valence-corrected chi connectivity index (χ2v) is 11.0. The van der Waals surface area contributed by atoms with Crippen LogP contribution < -0.4 is 5.32 Å². The second-order valence-electron chi connectivity index (χ2n) is 10.5. The number of fused-ring (bicyclic) bond motifs is 1. The van der Waals surface area contributed by atoms with Gasteiger partial charge in [0.15, 0.2) is 6.04 Å². The lowest BCUT2D eigenvalue weighted by Gasteiger charge is -2.36. The first-order chi connectivity index (χ1) is 16.7. The molecule has 0 aromatic carbocycles. The van der Waals surface area contributed by atoms with Crippen molar-refractivity contribution in [3.05, 3.63) is 64.2 Å². The molecule has 4 aliphatic rings. The highest BCUT2D eigenvalue weighted by molar-refractivity contribution is 6.29. The van der Waals surface area contributed by atoms with Gasteiger partial charge >= 0.3 is 5.97 Å². The van der Waals surface area contributed by atoms with Crippen LogP contribution in [0, 0.1) is 5.95 Å². The largest absolute Gasteiger partial charge is 0.458 e. The van der Waals surface area contributed by atoms with Crippen LogP contribution >= 0.6 is 11.6 Å². The van der Waals surface area contributed by atoms with Crippen molar-refractivity contribution in [3.8, 4) is 0 Å². The molecule has 9 heteroatoms. The van der Waals surface area contributed by atoms with Crippen LogP contribution in [0.25, 0.3) is 0 Å². The zero-order chi connectivity index (χ0) is 24.7. The molecule has 1 fully saturated rings. The third-order valence-electron chi connectivity index (χ3n) is 6.87. The third kappa shape index (κ3) is 4.94. The molecule has 186 valence electrons. The van der Waals surface area contributed by atoms with Crippen molar-refractivity contribution in [2.45, 2.75) is 82.9 Å². The van der Waals surface area contributed by atoms with Crippen LogP contribution in [-0.2, 0) is 9.53 Å². The van der Waals surface area contributed by atoms with Crippen molar-refractivity contribution in [1.29, 1.82) is 0 Å². The smallest absolute Gasteiger partial charge is 0.334 e. The average Bonchev–Trinajstić information content (AvgIpc) is 3.14. The van der Waals surface area contributed by atoms with Crippen LogP contribution in [0.5, 0.6) is 0 Å². The lowest BCUT2D eigenvalue weighted by Crippen LogP contribution is -2.45. The van der Waals surface area contributed by atoms with Gasteiger partial charge in [0, 0.05) is 28.5 Å². The molecule has 1 saturated carbocycles. The maximum Gasteiger partial charge on any atom is 0.334 e. The van der Waals surface area contributed by atoms with E-state index in [2.05, 4.69) is 10.3 Å². The number of hydrazone groups is 1. The van der Waals surface area contributed by atoms with Crippen LogP contribution in [0.4, 0.5) is 4.39 Å². The monoisotopic (exact) mass is 499 g/mol. The fraction of sp³-hybridized carbons (Fsp3) is 0.500. The number of pyridine rings is 1. The Morgan fingerprint density at radius 1 is 1.20 bits per heavy atom. The number of rotatable bonds is 3. The topological polar surface area (TPSA) is 70.1 Å². The number of nitrogens with zero attached hydrogens (tertiary/aromatic N) is 4. The van der Waals surface area contributed by atoms with Crippen molar-refractivity contribution < 1.29 is 13.9 Å². The number of aromatic nitrogens is 1. The van der Waals surface area contributed by atoms with Gasteiger partial charge in [0.25, 0.3) is 0 Å². The molecular formula is C26H31ClFN5O2. The highest BCUT2D eigenvalue weighted by atomic mass is 35.5. The first kappa shape index (κ1) is 23.9. The van der Waals surface area contributed by atoms with Gasteiger partial charge in [0.1, 0.15) is 17.8 Å². The van der Waals surface area contributed by atoms with Gasteiger partial charge in [-0.25, -0.2) is 14.8 Å². The summed E-state index contributed by atoms with van der Waals surface area (Å²) in [4.78, 5) is 19.4. The van der Waals surface area contributed by atoms with Crippen LogP contribution in [0.15, 0.2) is 57.7 Å². The van der Waals surface area contributed by atoms with E-state index >= 15 is 0 Å². The van der Waals surface area contributed by atoms with E-state index in [1.807, 2.05) is 49.0 Å². The summed E-state index contributed by atoms with van der Waals surface area (Å²) in [5.41, 5.74) is 2.00. The maximum atomic E-state index is 13.6. The van der Waals surface area contributed by atoms with E-state index in [4.69, 9.17) is 21.4 Å². The maximum absolute atomic E-state index is 13.6. The Balaban J connectivity index is 1.37. The molecule has 3 heterocycles. The molecule has 35 heavy (non-hydrogen) atoms. The summed E-state index contributed by atoms with van der Waals surface area (Å²) in [5.74, 6) is 0.312. The molecule has 0 radical (unpaired) electrons. The number of esters is 1. The minimum atomic E-state index is -0.618. The molecule has 0 amide bonds. The molecule has 2 aliphatic carbocycles. The van der Waals surface area contributed by atoms with E-state index in [-0.39, 0.29) is 17.9 Å². The predicted molar refractivity (Wildman–Crippen MR) is 132 cm³/mol. The minimum Gasteiger partial charge on any atom is -0.458 e. The molecule has 7 nitrogen and oxygen atoms in total. The van der Waals surface area contributed by atoms with Gasteiger partial charge in [-0.05, 0) is 83.1 Å². The number of carbonyl (C=O) groups is 1. The molecule has 0 saturated heterocycles. The minimum absolute atomic E-state index is 0.169. The van der Waals surface area contributed by atoms with E-state index in [9.17, 15) is 9.18 Å². The summed E-state index contributed by atoms with van der Waals surface area (Å²) in [6, 6.07) is 4.56. The fourth-order valence-electron chi connectivity index (χ4n) is 5.29.